The maximum Gasteiger partial charge on any atom is 0.307 e. The lowest BCUT2D eigenvalue weighted by atomic mass is 9.52. The maximum atomic E-state index is 12.2. The molecule has 0 saturated heterocycles. The van der Waals surface area contributed by atoms with Crippen LogP contribution in [-0.4, -0.2) is 22.2 Å². The molecule has 138 valence electrons. The van der Waals surface area contributed by atoms with Crippen LogP contribution in [0.5, 0.6) is 0 Å². The van der Waals surface area contributed by atoms with Crippen molar-refractivity contribution in [2.75, 3.05) is 0 Å². The second kappa shape index (κ2) is 8.87. The van der Waals surface area contributed by atoms with Crippen molar-refractivity contribution in [3.8, 4) is 0 Å². The first-order valence-electron chi connectivity index (χ1n) is 9.98. The van der Waals surface area contributed by atoms with Crippen molar-refractivity contribution in [2.24, 2.45) is 35.5 Å². The molecule has 4 nitrogen and oxygen atoms in total. The van der Waals surface area contributed by atoms with Crippen molar-refractivity contribution in [3.63, 3.8) is 0 Å². The molecule has 2 N–H and O–H groups in total. The number of unbranched alkanes of at least 4 members (excludes halogenated alkanes) is 2. The lowest BCUT2D eigenvalue weighted by Gasteiger charge is -2.51. The topological polar surface area (TPSA) is 74.6 Å². The third-order valence-electron chi connectivity index (χ3n) is 6.62. The molecule has 2 aliphatic carbocycles. The molecule has 24 heavy (non-hydrogen) atoms. The van der Waals surface area contributed by atoms with Crippen LogP contribution >= 0.6 is 0 Å². The number of fused-ring (bicyclic) bond motifs is 1. The van der Waals surface area contributed by atoms with Crippen LogP contribution in [-0.2, 0) is 9.59 Å². The minimum atomic E-state index is -0.757. The van der Waals surface area contributed by atoms with Gasteiger partial charge in [0.05, 0.1) is 11.8 Å². The van der Waals surface area contributed by atoms with Crippen molar-refractivity contribution in [1.82, 2.24) is 0 Å². The van der Waals surface area contributed by atoms with Gasteiger partial charge in [0.2, 0.25) is 0 Å². The minimum absolute atomic E-state index is 0.171. The normalized spacial score (nSPS) is 36.1. The minimum Gasteiger partial charge on any atom is -0.481 e. The maximum absolute atomic E-state index is 12.2. The molecule has 0 aromatic carbocycles. The Bertz CT molecular complexity index is 433. The third-order valence-corrected chi connectivity index (χ3v) is 6.62. The predicted molar refractivity (Wildman–Crippen MR) is 93.7 cm³/mol. The molecule has 0 heterocycles. The zero-order valence-electron chi connectivity index (χ0n) is 15.2. The number of carboxylic acids is 2. The summed E-state index contributed by atoms with van der Waals surface area (Å²) in [5.74, 6) is -1.97. The predicted octanol–water partition coefficient (Wildman–Crippen LogP) is 4.82. The van der Waals surface area contributed by atoms with E-state index in [1.807, 2.05) is 0 Å². The smallest absolute Gasteiger partial charge is 0.307 e. The zero-order chi connectivity index (χ0) is 17.7. The van der Waals surface area contributed by atoms with Gasteiger partial charge in [-0.3, -0.25) is 9.59 Å². The van der Waals surface area contributed by atoms with Gasteiger partial charge in [-0.05, 0) is 49.4 Å². The summed E-state index contributed by atoms with van der Waals surface area (Å²) in [5, 5.41) is 19.9. The Labute approximate surface area is 146 Å². The van der Waals surface area contributed by atoms with Crippen LogP contribution in [0.3, 0.4) is 0 Å². The zero-order valence-corrected chi connectivity index (χ0v) is 15.2. The number of hydrogen-bond acceptors (Lipinski definition) is 2. The fourth-order valence-electron chi connectivity index (χ4n) is 5.66. The van der Waals surface area contributed by atoms with Gasteiger partial charge in [0, 0.05) is 0 Å². The summed E-state index contributed by atoms with van der Waals surface area (Å²) in [7, 11) is 0. The van der Waals surface area contributed by atoms with Crippen LogP contribution in [0.4, 0.5) is 0 Å². The summed E-state index contributed by atoms with van der Waals surface area (Å²) in [6.07, 6.45) is 9.95. The summed E-state index contributed by atoms with van der Waals surface area (Å²) >= 11 is 0. The summed E-state index contributed by atoms with van der Waals surface area (Å²) in [5.41, 5.74) is 0. The molecule has 0 aromatic heterocycles. The van der Waals surface area contributed by atoms with Crippen molar-refractivity contribution in [2.45, 2.75) is 78.1 Å². The molecule has 0 aliphatic heterocycles. The van der Waals surface area contributed by atoms with E-state index in [4.69, 9.17) is 0 Å². The van der Waals surface area contributed by atoms with E-state index < -0.39 is 23.8 Å². The summed E-state index contributed by atoms with van der Waals surface area (Å²) in [4.78, 5) is 24.2. The molecule has 4 heteroatoms. The Balaban J connectivity index is 2.38. The van der Waals surface area contributed by atoms with Crippen molar-refractivity contribution in [1.29, 1.82) is 0 Å². The molecule has 2 fully saturated rings. The number of carbonyl (C=O) groups is 2. The van der Waals surface area contributed by atoms with Crippen LogP contribution in [0.1, 0.15) is 78.1 Å². The van der Waals surface area contributed by atoms with Gasteiger partial charge in [-0.25, -0.2) is 0 Å². The monoisotopic (exact) mass is 338 g/mol. The van der Waals surface area contributed by atoms with Crippen LogP contribution in [0, 0.1) is 35.5 Å². The van der Waals surface area contributed by atoms with Crippen LogP contribution in [0.15, 0.2) is 0 Å². The number of hydrogen-bond donors (Lipinski definition) is 2. The van der Waals surface area contributed by atoms with E-state index in [1.54, 1.807) is 0 Å². The second-order valence-corrected chi connectivity index (χ2v) is 7.95. The summed E-state index contributed by atoms with van der Waals surface area (Å²) in [6, 6.07) is 0. The Morgan fingerprint density at radius 1 is 0.792 bits per heavy atom. The Hall–Kier alpha value is -1.06. The average Bonchev–Trinajstić information content (AvgIpc) is 2.56. The molecule has 2 aliphatic rings. The van der Waals surface area contributed by atoms with Gasteiger partial charge in [-0.1, -0.05) is 52.4 Å². The van der Waals surface area contributed by atoms with Crippen molar-refractivity contribution in [3.05, 3.63) is 0 Å². The molecule has 0 bridgehead atoms. The molecule has 6 atom stereocenters. The van der Waals surface area contributed by atoms with Gasteiger partial charge >= 0.3 is 11.9 Å². The first-order valence-corrected chi connectivity index (χ1v) is 9.98. The van der Waals surface area contributed by atoms with Crippen LogP contribution in [0.25, 0.3) is 0 Å². The largest absolute Gasteiger partial charge is 0.481 e. The Morgan fingerprint density at radius 3 is 1.79 bits per heavy atom. The number of aliphatic carboxylic acids is 2. The van der Waals surface area contributed by atoms with Crippen molar-refractivity contribution < 1.29 is 19.8 Å². The van der Waals surface area contributed by atoms with E-state index >= 15 is 0 Å². The van der Waals surface area contributed by atoms with E-state index in [1.165, 1.54) is 0 Å². The van der Waals surface area contributed by atoms with Gasteiger partial charge in [0.25, 0.3) is 0 Å². The summed E-state index contributed by atoms with van der Waals surface area (Å²) in [6.45, 7) is 4.23. The first kappa shape index (κ1) is 19.3. The lowest BCUT2D eigenvalue weighted by Crippen LogP contribution is -2.52. The van der Waals surface area contributed by atoms with Gasteiger partial charge < -0.3 is 10.2 Å². The van der Waals surface area contributed by atoms with E-state index in [0.29, 0.717) is 5.92 Å². The Kier molecular flexibility index (Phi) is 7.12. The third kappa shape index (κ3) is 3.94. The van der Waals surface area contributed by atoms with Gasteiger partial charge in [-0.2, -0.15) is 0 Å². The molecule has 0 spiro atoms. The molecule has 6 unspecified atom stereocenters. The Morgan fingerprint density at radius 2 is 1.29 bits per heavy atom. The first-order chi connectivity index (χ1) is 11.5. The second-order valence-electron chi connectivity index (χ2n) is 7.95. The van der Waals surface area contributed by atoms with E-state index in [-0.39, 0.29) is 17.8 Å². The van der Waals surface area contributed by atoms with E-state index in [2.05, 4.69) is 13.8 Å². The average molecular weight is 338 g/mol. The molecule has 0 aromatic rings. The van der Waals surface area contributed by atoms with Gasteiger partial charge in [-0.15, -0.1) is 0 Å². The SMILES string of the molecule is CCCCC1C2CCCCC2C(C(=O)O)C(CCCC)C1C(=O)O. The van der Waals surface area contributed by atoms with Crippen LogP contribution < -0.4 is 0 Å². The van der Waals surface area contributed by atoms with E-state index in [0.717, 1.165) is 64.2 Å². The highest BCUT2D eigenvalue weighted by Gasteiger charge is 2.54. The standard InChI is InChI=1S/C20H34O4/c1-3-5-9-14-13-11-7-8-12-15(13)18(20(23)24)16(10-6-4-2)17(14)19(21)22/h13-18H,3-12H2,1-2H3,(H,21,22)(H,23,24). The number of carboxylic acid groups (broad SMARTS) is 2. The quantitative estimate of drug-likeness (QED) is 0.665. The highest BCUT2D eigenvalue weighted by molar-refractivity contribution is 5.76. The lowest BCUT2D eigenvalue weighted by molar-refractivity contribution is -0.167. The van der Waals surface area contributed by atoms with Crippen molar-refractivity contribution >= 4 is 11.9 Å². The molecular formula is C20H34O4. The van der Waals surface area contributed by atoms with Gasteiger partial charge in [0.15, 0.2) is 0 Å². The van der Waals surface area contributed by atoms with Gasteiger partial charge in [0.1, 0.15) is 0 Å². The highest BCUT2D eigenvalue weighted by Crippen LogP contribution is 2.54. The molecular weight excluding hydrogens is 304 g/mol. The fraction of sp³-hybridized carbons (Fsp3) is 0.900. The summed E-state index contributed by atoms with van der Waals surface area (Å²) < 4.78 is 0. The fourth-order valence-corrected chi connectivity index (χ4v) is 5.66. The highest BCUT2D eigenvalue weighted by atomic mass is 16.4. The number of rotatable bonds is 8. The molecule has 0 radical (unpaired) electrons. The molecule has 2 saturated carbocycles. The van der Waals surface area contributed by atoms with E-state index in [9.17, 15) is 19.8 Å². The molecule has 0 amide bonds. The van der Waals surface area contributed by atoms with Crippen LogP contribution in [0.2, 0.25) is 0 Å². The molecule has 2 rings (SSSR count).